The summed E-state index contributed by atoms with van der Waals surface area (Å²) in [6.07, 6.45) is 2.17. The van der Waals surface area contributed by atoms with Gasteiger partial charge >= 0.3 is 5.97 Å². The second-order valence-corrected chi connectivity index (χ2v) is 8.76. The predicted molar refractivity (Wildman–Crippen MR) is 104 cm³/mol. The van der Waals surface area contributed by atoms with Gasteiger partial charge in [0.1, 0.15) is 13.2 Å². The van der Waals surface area contributed by atoms with Gasteiger partial charge in [0.25, 0.3) is 5.91 Å². The number of hydrogen-bond acceptors (Lipinski definition) is 5. The Bertz CT molecular complexity index is 935. The van der Waals surface area contributed by atoms with E-state index in [2.05, 4.69) is 0 Å². The van der Waals surface area contributed by atoms with Gasteiger partial charge in [0.15, 0.2) is 11.5 Å². The number of fused-ring (bicyclic) bond motifs is 1. The lowest BCUT2D eigenvalue weighted by atomic mass is 9.92. The van der Waals surface area contributed by atoms with Crippen LogP contribution in [0.4, 0.5) is 0 Å². The summed E-state index contributed by atoms with van der Waals surface area (Å²) in [5, 5.41) is 9.52. The van der Waals surface area contributed by atoms with Crippen molar-refractivity contribution in [3.05, 3.63) is 35.2 Å². The van der Waals surface area contributed by atoms with E-state index in [-0.39, 0.29) is 11.8 Å². The number of amides is 1. The third kappa shape index (κ3) is 3.13. The van der Waals surface area contributed by atoms with Gasteiger partial charge < -0.3 is 19.5 Å². The van der Waals surface area contributed by atoms with Gasteiger partial charge in [-0.15, -0.1) is 11.3 Å². The van der Waals surface area contributed by atoms with Crippen LogP contribution in [0.3, 0.4) is 0 Å². The Morgan fingerprint density at radius 3 is 2.57 bits per heavy atom. The molecule has 1 aromatic heterocycles. The lowest BCUT2D eigenvalue weighted by Crippen LogP contribution is -2.29. The van der Waals surface area contributed by atoms with Crippen LogP contribution in [0.1, 0.15) is 22.5 Å². The molecule has 0 unspecified atom stereocenters. The van der Waals surface area contributed by atoms with Crippen molar-refractivity contribution in [3.63, 3.8) is 0 Å². The Morgan fingerprint density at radius 1 is 1.04 bits per heavy atom. The Kier molecular flexibility index (Phi) is 4.27. The lowest BCUT2D eigenvalue weighted by molar-refractivity contribution is -0.142. The van der Waals surface area contributed by atoms with Crippen molar-refractivity contribution in [1.29, 1.82) is 0 Å². The van der Waals surface area contributed by atoms with Gasteiger partial charge in [-0.2, -0.15) is 0 Å². The van der Waals surface area contributed by atoms with Crippen LogP contribution in [0.2, 0.25) is 0 Å². The second-order valence-electron chi connectivity index (χ2n) is 7.68. The fourth-order valence-electron chi connectivity index (χ4n) is 4.22. The van der Waals surface area contributed by atoms with Gasteiger partial charge in [-0.25, -0.2) is 0 Å². The third-order valence-electron chi connectivity index (χ3n) is 5.84. The summed E-state index contributed by atoms with van der Waals surface area (Å²) in [4.78, 5) is 27.9. The smallest absolute Gasteiger partial charge is 0.308 e. The minimum absolute atomic E-state index is 0.0665. The van der Waals surface area contributed by atoms with Crippen LogP contribution in [-0.4, -0.2) is 48.2 Å². The molecule has 1 saturated carbocycles. The molecule has 28 heavy (non-hydrogen) atoms. The highest BCUT2D eigenvalue weighted by Crippen LogP contribution is 2.44. The molecule has 2 fully saturated rings. The minimum atomic E-state index is -0.782. The normalized spacial score (nSPS) is 23.6. The number of rotatable bonds is 4. The topological polar surface area (TPSA) is 76.1 Å². The summed E-state index contributed by atoms with van der Waals surface area (Å²) in [7, 11) is 0. The standard InChI is InChI=1S/C21H21NO5S/c23-20(22-10-14(12-1-2-12)15(11-22)21(24)25)19-6-5-18(28-19)13-3-4-16-17(9-13)27-8-7-26-16/h3-6,9,12,14-15H,1-2,7-8,10-11H2,(H,24,25)/t14-,15+/m1/s1. The first-order valence-corrected chi connectivity index (χ1v) is 10.4. The zero-order valence-electron chi connectivity index (χ0n) is 15.3. The fraction of sp³-hybridized carbons (Fsp3) is 0.429. The van der Waals surface area contributed by atoms with Crippen LogP contribution in [0.25, 0.3) is 10.4 Å². The van der Waals surface area contributed by atoms with Crippen molar-refractivity contribution in [1.82, 2.24) is 4.90 Å². The number of carboxylic acid groups (broad SMARTS) is 1. The molecule has 146 valence electrons. The number of carboxylic acids is 1. The number of hydrogen-bond donors (Lipinski definition) is 1. The number of likely N-dealkylation sites (tertiary alicyclic amines) is 1. The van der Waals surface area contributed by atoms with Crippen LogP contribution in [-0.2, 0) is 4.79 Å². The van der Waals surface area contributed by atoms with Crippen molar-refractivity contribution in [2.45, 2.75) is 12.8 Å². The molecule has 0 bridgehead atoms. The molecule has 2 aliphatic heterocycles. The average Bonchev–Trinajstić information content (AvgIpc) is 3.27. The Balaban J connectivity index is 1.34. The zero-order valence-corrected chi connectivity index (χ0v) is 16.1. The van der Waals surface area contributed by atoms with E-state index in [9.17, 15) is 14.7 Å². The first-order chi connectivity index (χ1) is 13.6. The van der Waals surface area contributed by atoms with Crippen LogP contribution in [0.15, 0.2) is 30.3 Å². The summed E-state index contributed by atoms with van der Waals surface area (Å²) in [6.45, 7) is 1.95. The molecule has 3 aliphatic rings. The molecule has 2 atom stereocenters. The van der Waals surface area contributed by atoms with Crippen molar-refractivity contribution in [3.8, 4) is 21.9 Å². The monoisotopic (exact) mass is 399 g/mol. The highest BCUT2D eigenvalue weighted by atomic mass is 32.1. The van der Waals surface area contributed by atoms with E-state index in [4.69, 9.17) is 9.47 Å². The molecule has 0 radical (unpaired) electrons. The van der Waals surface area contributed by atoms with E-state index in [0.717, 1.165) is 34.8 Å². The van der Waals surface area contributed by atoms with Crippen LogP contribution in [0.5, 0.6) is 11.5 Å². The Morgan fingerprint density at radius 2 is 1.82 bits per heavy atom. The largest absolute Gasteiger partial charge is 0.486 e. The predicted octanol–water partition coefficient (Wildman–Crippen LogP) is 3.37. The summed E-state index contributed by atoms with van der Waals surface area (Å²) in [6, 6.07) is 9.57. The molecule has 0 spiro atoms. The highest BCUT2D eigenvalue weighted by Gasteiger charge is 2.47. The number of thiophene rings is 1. The number of carbonyl (C=O) groups excluding carboxylic acids is 1. The van der Waals surface area contributed by atoms with E-state index in [1.165, 1.54) is 11.3 Å². The molecule has 5 rings (SSSR count). The first kappa shape index (κ1) is 17.6. The maximum absolute atomic E-state index is 13.0. The molecule has 1 aliphatic carbocycles. The van der Waals surface area contributed by atoms with Crippen LogP contribution >= 0.6 is 11.3 Å². The summed E-state index contributed by atoms with van der Waals surface area (Å²) in [5.74, 6) is 0.744. The number of carbonyl (C=O) groups is 2. The van der Waals surface area contributed by atoms with Gasteiger partial charge in [-0.1, -0.05) is 0 Å². The van der Waals surface area contributed by atoms with Crippen LogP contribution < -0.4 is 9.47 Å². The molecular weight excluding hydrogens is 378 g/mol. The second kappa shape index (κ2) is 6.81. The summed E-state index contributed by atoms with van der Waals surface area (Å²) < 4.78 is 11.2. The average molecular weight is 399 g/mol. The van der Waals surface area contributed by atoms with E-state index in [1.54, 1.807) is 4.90 Å². The third-order valence-corrected chi connectivity index (χ3v) is 6.96. The maximum atomic E-state index is 13.0. The highest BCUT2D eigenvalue weighted by molar-refractivity contribution is 7.17. The maximum Gasteiger partial charge on any atom is 0.308 e. The fourth-order valence-corrected chi connectivity index (χ4v) is 5.19. The molecule has 7 heteroatoms. The van der Waals surface area contributed by atoms with Gasteiger partial charge in [0.2, 0.25) is 0 Å². The first-order valence-electron chi connectivity index (χ1n) is 9.62. The molecular formula is C21H21NO5S. The molecule has 1 amide bonds. The minimum Gasteiger partial charge on any atom is -0.486 e. The molecule has 1 saturated heterocycles. The number of aliphatic carboxylic acids is 1. The van der Waals surface area contributed by atoms with Gasteiger partial charge in [-0.05, 0) is 60.6 Å². The molecule has 1 N–H and O–H groups in total. The zero-order chi connectivity index (χ0) is 19.3. The van der Waals surface area contributed by atoms with Crippen molar-refractivity contribution >= 4 is 23.2 Å². The van der Waals surface area contributed by atoms with Gasteiger partial charge in [-0.3, -0.25) is 9.59 Å². The Hall–Kier alpha value is -2.54. The molecule has 6 nitrogen and oxygen atoms in total. The van der Waals surface area contributed by atoms with Gasteiger partial charge in [0.05, 0.1) is 10.8 Å². The SMILES string of the molecule is O=C(O)[C@H]1CN(C(=O)c2ccc(-c3ccc4c(c3)OCCO4)s2)C[C@@H]1C1CC1. The van der Waals surface area contributed by atoms with E-state index < -0.39 is 11.9 Å². The molecule has 3 heterocycles. The van der Waals surface area contributed by atoms with Crippen molar-refractivity contribution in [2.24, 2.45) is 17.8 Å². The van der Waals surface area contributed by atoms with Crippen molar-refractivity contribution in [2.75, 3.05) is 26.3 Å². The van der Waals surface area contributed by atoms with Gasteiger partial charge in [0, 0.05) is 18.0 Å². The van der Waals surface area contributed by atoms with E-state index in [1.807, 2.05) is 30.3 Å². The lowest BCUT2D eigenvalue weighted by Gasteiger charge is -2.18. The number of nitrogens with zero attached hydrogens (tertiary/aromatic N) is 1. The quantitative estimate of drug-likeness (QED) is 0.853. The Labute approximate surface area is 166 Å². The van der Waals surface area contributed by atoms with E-state index >= 15 is 0 Å². The van der Waals surface area contributed by atoms with E-state index in [0.29, 0.717) is 37.1 Å². The summed E-state index contributed by atoms with van der Waals surface area (Å²) in [5.41, 5.74) is 0.981. The van der Waals surface area contributed by atoms with Crippen molar-refractivity contribution < 1.29 is 24.2 Å². The molecule has 2 aromatic rings. The summed E-state index contributed by atoms with van der Waals surface area (Å²) >= 11 is 1.43. The number of ether oxygens (including phenoxy) is 2. The number of benzene rings is 1. The molecule has 1 aromatic carbocycles. The van der Waals surface area contributed by atoms with Crippen LogP contribution in [0, 0.1) is 17.8 Å².